The molecule has 1 heterocycles. The van der Waals surface area contributed by atoms with Crippen LogP contribution in [0.3, 0.4) is 0 Å². The molecule has 0 aliphatic carbocycles. The van der Waals surface area contributed by atoms with E-state index < -0.39 is 10.0 Å². The highest BCUT2D eigenvalue weighted by Crippen LogP contribution is 2.18. The number of hydrogen-bond donors (Lipinski definition) is 2. The van der Waals surface area contributed by atoms with Crippen molar-refractivity contribution in [2.75, 3.05) is 51.0 Å². The van der Waals surface area contributed by atoms with Crippen LogP contribution in [0.4, 0.5) is 5.69 Å². The SMILES string of the molecule is Cc1cccc(NS(=O)(=O)c2cccc(C(=O)NCCCCN3CCN(C)CC3)c2)c1. The number of hydrogen-bond acceptors (Lipinski definition) is 5. The van der Waals surface area contributed by atoms with Gasteiger partial charge < -0.3 is 15.1 Å². The summed E-state index contributed by atoms with van der Waals surface area (Å²) in [5, 5.41) is 2.90. The molecule has 0 bridgehead atoms. The molecule has 8 heteroatoms. The number of carbonyl (C=O) groups is 1. The smallest absolute Gasteiger partial charge is 0.261 e. The van der Waals surface area contributed by atoms with Gasteiger partial charge in [0.1, 0.15) is 0 Å². The number of unbranched alkanes of at least 4 members (excludes halogenated alkanes) is 1. The van der Waals surface area contributed by atoms with Gasteiger partial charge in [0.2, 0.25) is 0 Å². The van der Waals surface area contributed by atoms with Crippen LogP contribution in [0.15, 0.2) is 53.4 Å². The van der Waals surface area contributed by atoms with Crippen molar-refractivity contribution in [3.05, 3.63) is 59.7 Å². The molecule has 2 aromatic carbocycles. The molecule has 0 aromatic heterocycles. The van der Waals surface area contributed by atoms with Crippen molar-refractivity contribution >= 4 is 21.6 Å². The number of anilines is 1. The lowest BCUT2D eigenvalue weighted by Crippen LogP contribution is -2.44. The number of amides is 1. The minimum absolute atomic E-state index is 0.0664. The van der Waals surface area contributed by atoms with Crippen LogP contribution in [0.1, 0.15) is 28.8 Å². The molecule has 2 N–H and O–H groups in total. The number of sulfonamides is 1. The van der Waals surface area contributed by atoms with Gasteiger partial charge in [-0.2, -0.15) is 0 Å². The average Bonchev–Trinajstić information content (AvgIpc) is 2.74. The molecule has 0 saturated carbocycles. The van der Waals surface area contributed by atoms with Crippen molar-refractivity contribution in [1.29, 1.82) is 0 Å². The summed E-state index contributed by atoms with van der Waals surface area (Å²) in [6.07, 6.45) is 1.92. The van der Waals surface area contributed by atoms with E-state index in [2.05, 4.69) is 26.9 Å². The lowest BCUT2D eigenvalue weighted by molar-refractivity contribution is 0.0951. The topological polar surface area (TPSA) is 81.7 Å². The Morgan fingerprint density at radius 3 is 2.48 bits per heavy atom. The Morgan fingerprint density at radius 2 is 1.74 bits per heavy atom. The first-order chi connectivity index (χ1) is 14.8. The molecule has 0 radical (unpaired) electrons. The fourth-order valence-corrected chi connectivity index (χ4v) is 4.66. The van der Waals surface area contributed by atoms with Crippen LogP contribution >= 0.6 is 0 Å². The Hall–Kier alpha value is -2.42. The third-order valence-corrected chi connectivity index (χ3v) is 6.84. The first kappa shape index (κ1) is 23.2. The molecule has 1 amide bonds. The van der Waals surface area contributed by atoms with Gasteiger partial charge in [-0.25, -0.2) is 8.42 Å². The highest BCUT2D eigenvalue weighted by molar-refractivity contribution is 7.92. The van der Waals surface area contributed by atoms with Crippen LogP contribution in [0.2, 0.25) is 0 Å². The van der Waals surface area contributed by atoms with E-state index in [-0.39, 0.29) is 10.8 Å². The zero-order valence-electron chi connectivity index (χ0n) is 18.3. The molecule has 31 heavy (non-hydrogen) atoms. The van der Waals surface area contributed by atoms with E-state index in [4.69, 9.17) is 0 Å². The molecule has 2 aromatic rings. The Kier molecular flexibility index (Phi) is 8.06. The maximum absolute atomic E-state index is 12.7. The molecule has 0 spiro atoms. The lowest BCUT2D eigenvalue weighted by atomic mass is 10.2. The van der Waals surface area contributed by atoms with Crippen molar-refractivity contribution in [2.24, 2.45) is 0 Å². The summed E-state index contributed by atoms with van der Waals surface area (Å²) < 4.78 is 28.0. The summed E-state index contributed by atoms with van der Waals surface area (Å²) in [6.45, 7) is 7.92. The maximum Gasteiger partial charge on any atom is 0.261 e. The van der Waals surface area contributed by atoms with Gasteiger partial charge in [-0.05, 0) is 69.3 Å². The molecule has 0 atom stereocenters. The van der Waals surface area contributed by atoms with Gasteiger partial charge in [0, 0.05) is 44.0 Å². The second-order valence-electron chi connectivity index (χ2n) is 8.11. The normalized spacial score (nSPS) is 15.5. The van der Waals surface area contributed by atoms with Crippen molar-refractivity contribution in [2.45, 2.75) is 24.7 Å². The number of nitrogens with zero attached hydrogens (tertiary/aromatic N) is 2. The van der Waals surface area contributed by atoms with Crippen LogP contribution in [0.5, 0.6) is 0 Å². The Balaban J connectivity index is 1.49. The Bertz CT molecular complexity index is 986. The van der Waals surface area contributed by atoms with Crippen molar-refractivity contribution in [3.63, 3.8) is 0 Å². The van der Waals surface area contributed by atoms with E-state index in [1.54, 1.807) is 30.3 Å². The number of aryl methyl sites for hydroxylation is 1. The van der Waals surface area contributed by atoms with Gasteiger partial charge in [0.25, 0.3) is 15.9 Å². The van der Waals surface area contributed by atoms with Crippen molar-refractivity contribution in [3.8, 4) is 0 Å². The van der Waals surface area contributed by atoms with Crippen LogP contribution in [0, 0.1) is 6.92 Å². The van der Waals surface area contributed by atoms with Gasteiger partial charge >= 0.3 is 0 Å². The molecule has 3 rings (SSSR count). The number of piperazine rings is 1. The van der Waals surface area contributed by atoms with E-state index in [9.17, 15) is 13.2 Å². The van der Waals surface area contributed by atoms with Gasteiger partial charge in [-0.1, -0.05) is 18.2 Å². The summed E-state index contributed by atoms with van der Waals surface area (Å²) in [4.78, 5) is 17.3. The summed E-state index contributed by atoms with van der Waals surface area (Å²) in [6, 6.07) is 13.3. The van der Waals surface area contributed by atoms with E-state index >= 15 is 0 Å². The monoisotopic (exact) mass is 444 g/mol. The van der Waals surface area contributed by atoms with E-state index in [1.165, 1.54) is 12.1 Å². The number of carbonyl (C=O) groups excluding carboxylic acids is 1. The van der Waals surface area contributed by atoms with Crippen LogP contribution in [-0.2, 0) is 10.0 Å². The fourth-order valence-electron chi connectivity index (χ4n) is 3.56. The highest BCUT2D eigenvalue weighted by Gasteiger charge is 2.17. The predicted molar refractivity (Wildman–Crippen MR) is 124 cm³/mol. The predicted octanol–water partition coefficient (Wildman–Crippen LogP) is 2.55. The Labute approximate surface area is 185 Å². The molecular weight excluding hydrogens is 412 g/mol. The second kappa shape index (κ2) is 10.7. The quantitative estimate of drug-likeness (QED) is 0.581. The molecule has 1 fully saturated rings. The highest BCUT2D eigenvalue weighted by atomic mass is 32.2. The average molecular weight is 445 g/mol. The summed E-state index contributed by atoms with van der Waals surface area (Å²) in [5.74, 6) is -0.257. The Morgan fingerprint density at radius 1 is 1.00 bits per heavy atom. The first-order valence-electron chi connectivity index (χ1n) is 10.7. The molecule has 7 nitrogen and oxygen atoms in total. The number of benzene rings is 2. The second-order valence-corrected chi connectivity index (χ2v) is 9.79. The lowest BCUT2D eigenvalue weighted by Gasteiger charge is -2.32. The number of nitrogens with one attached hydrogen (secondary N) is 2. The van der Waals surface area contributed by atoms with Gasteiger partial charge in [-0.15, -0.1) is 0 Å². The van der Waals surface area contributed by atoms with Crippen LogP contribution in [-0.4, -0.2) is 70.4 Å². The van der Waals surface area contributed by atoms with Gasteiger partial charge in [-0.3, -0.25) is 9.52 Å². The van der Waals surface area contributed by atoms with E-state index in [0.29, 0.717) is 17.8 Å². The third kappa shape index (κ3) is 7.05. The number of likely N-dealkylation sites (N-methyl/N-ethyl adjacent to an activating group) is 1. The minimum atomic E-state index is -3.77. The molecular formula is C23H32N4O3S. The third-order valence-electron chi connectivity index (χ3n) is 5.46. The minimum Gasteiger partial charge on any atom is -0.352 e. The molecule has 1 aliphatic rings. The van der Waals surface area contributed by atoms with E-state index in [1.807, 2.05) is 13.0 Å². The largest absolute Gasteiger partial charge is 0.352 e. The zero-order valence-corrected chi connectivity index (χ0v) is 19.1. The first-order valence-corrected chi connectivity index (χ1v) is 12.2. The zero-order chi connectivity index (χ0) is 22.3. The van der Waals surface area contributed by atoms with Gasteiger partial charge in [0.15, 0.2) is 0 Å². The standard InChI is InChI=1S/C23H32N4O3S/c1-19-7-5-9-21(17-19)25-31(29,30)22-10-6-8-20(18-22)23(28)24-11-3-4-12-27-15-13-26(2)14-16-27/h5-10,17-18,25H,3-4,11-16H2,1-2H3,(H,24,28). The van der Waals surface area contributed by atoms with Gasteiger partial charge in [0.05, 0.1) is 4.90 Å². The summed E-state index contributed by atoms with van der Waals surface area (Å²) >= 11 is 0. The van der Waals surface area contributed by atoms with Crippen molar-refractivity contribution in [1.82, 2.24) is 15.1 Å². The molecule has 1 aliphatic heterocycles. The molecule has 1 saturated heterocycles. The maximum atomic E-state index is 12.7. The molecule has 168 valence electrons. The number of rotatable bonds is 9. The molecule has 0 unspecified atom stereocenters. The van der Waals surface area contributed by atoms with Crippen molar-refractivity contribution < 1.29 is 13.2 Å². The van der Waals surface area contributed by atoms with Crippen LogP contribution in [0.25, 0.3) is 0 Å². The summed E-state index contributed by atoms with van der Waals surface area (Å²) in [7, 11) is -1.63. The van der Waals surface area contributed by atoms with E-state index in [0.717, 1.165) is 51.1 Å². The fraction of sp³-hybridized carbons (Fsp3) is 0.435. The van der Waals surface area contributed by atoms with Crippen LogP contribution < -0.4 is 10.0 Å². The summed E-state index contributed by atoms with van der Waals surface area (Å²) in [5.41, 5.74) is 1.79.